The number of hydrogen-bond donors (Lipinski definition) is 0. The van der Waals surface area contributed by atoms with Gasteiger partial charge in [-0.3, -0.25) is 4.79 Å². The van der Waals surface area contributed by atoms with Crippen LogP contribution in [-0.2, 0) is 11.4 Å². The maximum Gasteiger partial charge on any atom is 0.277 e. The summed E-state index contributed by atoms with van der Waals surface area (Å²) < 4.78 is 11.3. The van der Waals surface area contributed by atoms with Gasteiger partial charge < -0.3 is 14.1 Å². The van der Waals surface area contributed by atoms with E-state index in [0.717, 1.165) is 24.2 Å². The Balaban J connectivity index is 1.50. The third-order valence-corrected chi connectivity index (χ3v) is 5.50. The predicted octanol–water partition coefficient (Wildman–Crippen LogP) is 3.84. The lowest BCUT2D eigenvalue weighted by atomic mass is 9.98. The molecule has 0 N–H and O–H groups in total. The number of likely N-dealkylation sites (tertiary alicyclic amines) is 1. The van der Waals surface area contributed by atoms with Crippen molar-refractivity contribution in [3.05, 3.63) is 35.7 Å². The van der Waals surface area contributed by atoms with Crippen molar-refractivity contribution < 1.29 is 13.9 Å². The van der Waals surface area contributed by atoms with Crippen LogP contribution in [0.4, 0.5) is 0 Å². The Morgan fingerprint density at radius 3 is 2.73 bits per heavy atom. The maximum absolute atomic E-state index is 12.5. The molecule has 3 rings (SSSR count). The van der Waals surface area contributed by atoms with Crippen LogP contribution in [-0.4, -0.2) is 38.8 Å². The van der Waals surface area contributed by atoms with Gasteiger partial charge in [-0.1, -0.05) is 30.0 Å². The summed E-state index contributed by atoms with van der Waals surface area (Å²) in [6, 6.07) is 8.37. The molecule has 0 bridgehead atoms. The maximum atomic E-state index is 12.5. The van der Waals surface area contributed by atoms with Crippen LogP contribution >= 0.6 is 11.8 Å². The molecule has 0 radical (unpaired) electrons. The molecular formula is C19H25N3O3S. The van der Waals surface area contributed by atoms with Crippen molar-refractivity contribution in [1.29, 1.82) is 0 Å². The van der Waals surface area contributed by atoms with Gasteiger partial charge in [-0.15, -0.1) is 10.2 Å². The molecule has 2 heterocycles. The molecule has 1 aromatic heterocycles. The zero-order valence-electron chi connectivity index (χ0n) is 15.5. The van der Waals surface area contributed by atoms with Gasteiger partial charge in [0.2, 0.25) is 5.91 Å². The van der Waals surface area contributed by atoms with E-state index < -0.39 is 0 Å². The number of carbonyl (C=O) groups excluding carboxylic acids is 1. The number of para-hydroxylation sites is 1. The summed E-state index contributed by atoms with van der Waals surface area (Å²) in [6.07, 6.45) is 3.33. The van der Waals surface area contributed by atoms with Crippen molar-refractivity contribution >= 4 is 17.7 Å². The zero-order chi connectivity index (χ0) is 18.5. The highest BCUT2D eigenvalue weighted by molar-refractivity contribution is 7.99. The normalized spacial score (nSPS) is 20.2. The molecule has 0 aliphatic carbocycles. The van der Waals surface area contributed by atoms with Gasteiger partial charge in [0.05, 0.1) is 5.75 Å². The molecule has 1 fully saturated rings. The fourth-order valence-corrected chi connectivity index (χ4v) is 3.97. The van der Waals surface area contributed by atoms with E-state index in [-0.39, 0.29) is 12.5 Å². The number of aromatic nitrogens is 2. The summed E-state index contributed by atoms with van der Waals surface area (Å²) in [5, 5.41) is 8.40. The van der Waals surface area contributed by atoms with Crippen LogP contribution in [0.25, 0.3) is 0 Å². The van der Waals surface area contributed by atoms with E-state index in [1.165, 1.54) is 18.2 Å². The molecule has 1 saturated heterocycles. The van der Waals surface area contributed by atoms with E-state index in [4.69, 9.17) is 9.15 Å². The fraction of sp³-hybridized carbons (Fsp3) is 0.526. The van der Waals surface area contributed by atoms with Gasteiger partial charge in [-0.2, -0.15) is 0 Å². The minimum Gasteiger partial charge on any atom is -0.484 e. The van der Waals surface area contributed by atoms with E-state index in [0.29, 0.717) is 29.0 Å². The van der Waals surface area contributed by atoms with Gasteiger partial charge in [-0.05, 0) is 51.7 Å². The number of thioether (sulfide) groups is 1. The second-order valence-electron chi connectivity index (χ2n) is 6.73. The van der Waals surface area contributed by atoms with E-state index in [1.807, 2.05) is 36.1 Å². The molecule has 1 aliphatic rings. The first-order valence-electron chi connectivity index (χ1n) is 8.99. The van der Waals surface area contributed by atoms with Crippen molar-refractivity contribution in [2.24, 2.45) is 0 Å². The number of nitrogens with zero attached hydrogens (tertiary/aromatic N) is 3. The Bertz CT molecular complexity index is 739. The molecule has 26 heavy (non-hydrogen) atoms. The lowest BCUT2D eigenvalue weighted by Crippen LogP contribution is -2.48. The molecule has 1 amide bonds. The van der Waals surface area contributed by atoms with E-state index in [9.17, 15) is 4.79 Å². The molecule has 2 aromatic rings. The minimum absolute atomic E-state index is 0.130. The molecule has 1 aliphatic heterocycles. The topological polar surface area (TPSA) is 68.5 Å². The monoisotopic (exact) mass is 375 g/mol. The van der Waals surface area contributed by atoms with Crippen LogP contribution < -0.4 is 4.74 Å². The first-order chi connectivity index (χ1) is 12.5. The third kappa shape index (κ3) is 4.58. The van der Waals surface area contributed by atoms with Gasteiger partial charge in [0, 0.05) is 12.1 Å². The summed E-state index contributed by atoms with van der Waals surface area (Å²) >= 11 is 1.28. The highest BCUT2D eigenvalue weighted by Gasteiger charge is 2.29. The van der Waals surface area contributed by atoms with Crippen LogP contribution in [0.15, 0.2) is 33.9 Å². The van der Waals surface area contributed by atoms with Gasteiger partial charge in [0.25, 0.3) is 11.1 Å². The third-order valence-electron chi connectivity index (χ3n) is 4.69. The lowest BCUT2D eigenvalue weighted by Gasteiger charge is -2.39. The van der Waals surface area contributed by atoms with E-state index >= 15 is 0 Å². The van der Waals surface area contributed by atoms with E-state index in [1.54, 1.807) is 0 Å². The molecular weight excluding hydrogens is 350 g/mol. The molecule has 6 nitrogen and oxygen atoms in total. The number of amides is 1. The van der Waals surface area contributed by atoms with Gasteiger partial charge >= 0.3 is 0 Å². The molecule has 2 atom stereocenters. The van der Waals surface area contributed by atoms with Crippen molar-refractivity contribution in [1.82, 2.24) is 15.1 Å². The van der Waals surface area contributed by atoms with Crippen molar-refractivity contribution in [2.75, 3.05) is 5.75 Å². The highest BCUT2D eigenvalue weighted by Crippen LogP contribution is 2.25. The molecule has 7 heteroatoms. The smallest absolute Gasteiger partial charge is 0.277 e. The summed E-state index contributed by atoms with van der Waals surface area (Å²) in [5.74, 6) is 1.64. The molecule has 1 aromatic carbocycles. The average molecular weight is 375 g/mol. The van der Waals surface area contributed by atoms with Crippen LogP contribution in [0.3, 0.4) is 0 Å². The number of ether oxygens (including phenoxy) is 1. The van der Waals surface area contributed by atoms with Crippen LogP contribution in [0, 0.1) is 6.92 Å². The SMILES string of the molecule is Cc1ccccc1OCc1nnc(SCC(=O)N2[C@H](C)CCC[C@@H]2C)o1. The van der Waals surface area contributed by atoms with Crippen LogP contribution in [0.2, 0.25) is 0 Å². The van der Waals surface area contributed by atoms with Gasteiger partial charge in [0.15, 0.2) is 6.61 Å². The lowest BCUT2D eigenvalue weighted by molar-refractivity contribution is -0.134. The average Bonchev–Trinajstić information content (AvgIpc) is 3.07. The number of piperidine rings is 1. The Hall–Kier alpha value is -2.02. The van der Waals surface area contributed by atoms with Gasteiger partial charge in [0.1, 0.15) is 5.75 Å². The van der Waals surface area contributed by atoms with Crippen LogP contribution in [0.5, 0.6) is 5.75 Å². The first-order valence-corrected chi connectivity index (χ1v) is 9.98. The second kappa shape index (κ2) is 8.58. The van der Waals surface area contributed by atoms with Crippen molar-refractivity contribution in [3.8, 4) is 5.75 Å². The quantitative estimate of drug-likeness (QED) is 0.715. The summed E-state index contributed by atoms with van der Waals surface area (Å²) in [7, 11) is 0. The second-order valence-corrected chi connectivity index (χ2v) is 7.66. The Kier molecular flexibility index (Phi) is 6.19. The number of benzene rings is 1. The molecule has 0 unspecified atom stereocenters. The summed E-state index contributed by atoms with van der Waals surface area (Å²) in [4.78, 5) is 14.5. The Morgan fingerprint density at radius 2 is 2.00 bits per heavy atom. The van der Waals surface area contributed by atoms with Crippen molar-refractivity contribution in [2.45, 2.75) is 63.9 Å². The minimum atomic E-state index is 0.130. The predicted molar refractivity (Wildman–Crippen MR) is 100 cm³/mol. The van der Waals surface area contributed by atoms with Crippen molar-refractivity contribution in [3.63, 3.8) is 0 Å². The number of carbonyl (C=O) groups is 1. The summed E-state index contributed by atoms with van der Waals surface area (Å²) in [5.41, 5.74) is 1.05. The summed E-state index contributed by atoms with van der Waals surface area (Å²) in [6.45, 7) is 6.43. The Morgan fingerprint density at radius 1 is 1.27 bits per heavy atom. The standard InChI is InChI=1S/C19H25N3O3S/c1-13-7-4-5-10-16(13)24-11-17-20-21-19(25-17)26-12-18(23)22-14(2)8-6-9-15(22)3/h4-5,7,10,14-15H,6,8-9,11-12H2,1-3H3/t14-,15+. The van der Waals surface area contributed by atoms with E-state index in [2.05, 4.69) is 24.0 Å². The molecule has 140 valence electrons. The number of hydrogen-bond acceptors (Lipinski definition) is 6. The number of rotatable bonds is 6. The zero-order valence-corrected chi connectivity index (χ0v) is 16.3. The van der Waals surface area contributed by atoms with Gasteiger partial charge in [-0.25, -0.2) is 0 Å². The Labute approximate surface area is 158 Å². The number of aryl methyl sites for hydroxylation is 1. The fourth-order valence-electron chi connectivity index (χ4n) is 3.32. The molecule has 0 spiro atoms. The highest BCUT2D eigenvalue weighted by atomic mass is 32.2. The first kappa shape index (κ1) is 18.8. The molecule has 0 saturated carbocycles. The largest absolute Gasteiger partial charge is 0.484 e. The van der Waals surface area contributed by atoms with Crippen LogP contribution in [0.1, 0.15) is 44.6 Å².